The molecule has 0 radical (unpaired) electrons. The quantitative estimate of drug-likeness (QED) is 0.519. The van der Waals surface area contributed by atoms with Crippen molar-refractivity contribution in [3.8, 4) is 0 Å². The first-order chi connectivity index (χ1) is 9.86. The van der Waals surface area contributed by atoms with Crippen LogP contribution in [0, 0.1) is 24.0 Å². The molecule has 2 rings (SSSR count). The van der Waals surface area contributed by atoms with Gasteiger partial charge in [0, 0.05) is 17.5 Å². The second-order valence-corrected chi connectivity index (χ2v) is 5.10. The van der Waals surface area contributed by atoms with E-state index >= 15 is 0 Å². The molecule has 0 aliphatic carbocycles. The summed E-state index contributed by atoms with van der Waals surface area (Å²) in [6.07, 6.45) is 1.01. The van der Waals surface area contributed by atoms with Crippen molar-refractivity contribution in [1.29, 1.82) is 0 Å². The van der Waals surface area contributed by atoms with E-state index in [2.05, 4.69) is 15.0 Å². The molecule has 0 atom stereocenters. The number of nitro groups is 1. The highest BCUT2D eigenvalue weighted by Gasteiger charge is 2.19. The van der Waals surface area contributed by atoms with Crippen LogP contribution in [0.1, 0.15) is 21.7 Å². The molecule has 0 spiro atoms. The van der Waals surface area contributed by atoms with Gasteiger partial charge in [-0.05, 0) is 31.7 Å². The summed E-state index contributed by atoms with van der Waals surface area (Å²) in [6.45, 7) is 3.58. The number of aryl methyl sites for hydroxylation is 2. The number of pyridine rings is 1. The van der Waals surface area contributed by atoms with Crippen molar-refractivity contribution in [2.24, 2.45) is 0 Å². The van der Waals surface area contributed by atoms with E-state index in [0.29, 0.717) is 5.16 Å². The Morgan fingerprint density at radius 3 is 2.43 bits per heavy atom. The van der Waals surface area contributed by atoms with Gasteiger partial charge in [0.2, 0.25) is 0 Å². The number of hydrogen-bond donors (Lipinski definition) is 1. The zero-order chi connectivity index (χ0) is 15.6. The fourth-order valence-electron chi connectivity index (χ4n) is 1.60. The van der Waals surface area contributed by atoms with Crippen molar-refractivity contribution in [2.75, 3.05) is 0 Å². The van der Waals surface area contributed by atoms with Crippen LogP contribution < -0.4 is 0 Å². The van der Waals surface area contributed by atoms with E-state index in [1.54, 1.807) is 19.9 Å². The normalized spacial score (nSPS) is 10.4. The van der Waals surface area contributed by atoms with Crippen LogP contribution in [-0.4, -0.2) is 31.0 Å². The molecule has 0 aromatic carbocycles. The number of aromatic nitrogens is 3. The molecule has 2 aromatic heterocycles. The molecular formula is C12H10N4O4S. The summed E-state index contributed by atoms with van der Waals surface area (Å²) in [5.41, 5.74) is 0.850. The molecule has 2 heterocycles. The minimum atomic E-state index is -1.29. The summed E-state index contributed by atoms with van der Waals surface area (Å²) in [7, 11) is 0. The molecule has 9 heteroatoms. The summed E-state index contributed by atoms with van der Waals surface area (Å²) >= 11 is 0.955. The predicted molar refractivity (Wildman–Crippen MR) is 73.5 cm³/mol. The molecule has 108 valence electrons. The molecule has 0 saturated heterocycles. The molecule has 0 fully saturated rings. The second-order valence-electron chi connectivity index (χ2n) is 4.14. The van der Waals surface area contributed by atoms with E-state index in [9.17, 15) is 14.9 Å². The van der Waals surface area contributed by atoms with Crippen molar-refractivity contribution in [1.82, 2.24) is 15.0 Å². The fraction of sp³-hybridized carbons (Fsp3) is 0.167. The molecular weight excluding hydrogens is 296 g/mol. The third kappa shape index (κ3) is 3.51. The van der Waals surface area contributed by atoms with Crippen molar-refractivity contribution >= 4 is 23.4 Å². The Morgan fingerprint density at radius 2 is 1.90 bits per heavy atom. The second kappa shape index (κ2) is 5.83. The first-order valence-electron chi connectivity index (χ1n) is 5.74. The van der Waals surface area contributed by atoms with E-state index in [1.165, 1.54) is 0 Å². The van der Waals surface area contributed by atoms with Crippen LogP contribution in [0.3, 0.4) is 0 Å². The lowest BCUT2D eigenvalue weighted by Gasteiger charge is -2.05. The van der Waals surface area contributed by atoms with Gasteiger partial charge in [-0.1, -0.05) is 0 Å². The van der Waals surface area contributed by atoms with Gasteiger partial charge in [-0.3, -0.25) is 10.1 Å². The van der Waals surface area contributed by atoms with Crippen molar-refractivity contribution < 1.29 is 14.8 Å². The fourth-order valence-corrected chi connectivity index (χ4v) is 2.52. The Bertz CT molecular complexity index is 715. The SMILES string of the molecule is Cc1cc(C)nc(Sc2ncc([N+](=O)[O-])cc2C(=O)O)n1. The Morgan fingerprint density at radius 1 is 1.29 bits per heavy atom. The molecule has 0 bridgehead atoms. The maximum atomic E-state index is 11.2. The van der Waals surface area contributed by atoms with Crippen LogP contribution in [-0.2, 0) is 0 Å². The summed E-state index contributed by atoms with van der Waals surface area (Å²) in [5.74, 6) is -1.29. The summed E-state index contributed by atoms with van der Waals surface area (Å²) in [4.78, 5) is 33.4. The number of aromatic carboxylic acids is 1. The van der Waals surface area contributed by atoms with Gasteiger partial charge in [-0.15, -0.1) is 0 Å². The van der Waals surface area contributed by atoms with Gasteiger partial charge < -0.3 is 5.11 Å². The van der Waals surface area contributed by atoms with Gasteiger partial charge in [0.25, 0.3) is 5.69 Å². The van der Waals surface area contributed by atoms with Crippen LogP contribution in [0.25, 0.3) is 0 Å². The number of carboxylic acid groups (broad SMARTS) is 1. The third-order valence-electron chi connectivity index (χ3n) is 2.43. The molecule has 0 saturated carbocycles. The maximum absolute atomic E-state index is 11.2. The molecule has 0 aliphatic heterocycles. The minimum absolute atomic E-state index is 0.109. The summed E-state index contributed by atoms with van der Waals surface area (Å²) < 4.78 is 0. The molecule has 0 aliphatic rings. The Balaban J connectivity index is 2.43. The molecule has 2 aromatic rings. The highest BCUT2D eigenvalue weighted by molar-refractivity contribution is 7.99. The van der Waals surface area contributed by atoms with Gasteiger partial charge in [0.05, 0.1) is 10.5 Å². The zero-order valence-electron chi connectivity index (χ0n) is 11.1. The zero-order valence-corrected chi connectivity index (χ0v) is 11.9. The van der Waals surface area contributed by atoms with Gasteiger partial charge in [-0.25, -0.2) is 19.7 Å². The molecule has 21 heavy (non-hydrogen) atoms. The van der Waals surface area contributed by atoms with E-state index in [1.807, 2.05) is 0 Å². The Kier molecular flexibility index (Phi) is 4.13. The van der Waals surface area contributed by atoms with Crippen molar-refractivity contribution in [3.05, 3.63) is 45.4 Å². The highest BCUT2D eigenvalue weighted by atomic mass is 32.2. The van der Waals surface area contributed by atoms with E-state index in [0.717, 1.165) is 35.4 Å². The van der Waals surface area contributed by atoms with Crippen molar-refractivity contribution in [2.45, 2.75) is 24.0 Å². The van der Waals surface area contributed by atoms with E-state index in [4.69, 9.17) is 5.11 Å². The van der Waals surface area contributed by atoms with Gasteiger partial charge in [-0.2, -0.15) is 0 Å². The van der Waals surface area contributed by atoms with E-state index < -0.39 is 10.9 Å². The van der Waals surface area contributed by atoms with Crippen LogP contribution in [0.15, 0.2) is 28.5 Å². The van der Waals surface area contributed by atoms with Gasteiger partial charge in [0.1, 0.15) is 11.2 Å². The molecule has 0 unspecified atom stereocenters. The number of hydrogen-bond acceptors (Lipinski definition) is 7. The van der Waals surface area contributed by atoms with Gasteiger partial charge >= 0.3 is 5.97 Å². The average Bonchev–Trinajstić information content (AvgIpc) is 2.37. The Labute approximate surface area is 123 Å². The standard InChI is InChI=1S/C12H10N4O4S/c1-6-3-7(2)15-12(14-6)21-10-9(11(17)18)4-8(5-13-10)16(19)20/h3-5H,1-2H3,(H,17,18). The van der Waals surface area contributed by atoms with Crippen LogP contribution >= 0.6 is 11.8 Å². The van der Waals surface area contributed by atoms with Crippen LogP contribution in [0.5, 0.6) is 0 Å². The monoisotopic (exact) mass is 306 g/mol. The van der Waals surface area contributed by atoms with Crippen molar-refractivity contribution in [3.63, 3.8) is 0 Å². The highest BCUT2D eigenvalue weighted by Crippen LogP contribution is 2.28. The molecule has 0 amide bonds. The number of carboxylic acids is 1. The number of nitrogens with zero attached hydrogens (tertiary/aromatic N) is 4. The average molecular weight is 306 g/mol. The minimum Gasteiger partial charge on any atom is -0.478 e. The van der Waals surface area contributed by atoms with Gasteiger partial charge in [0.15, 0.2) is 5.16 Å². The molecule has 8 nitrogen and oxygen atoms in total. The smallest absolute Gasteiger partial charge is 0.338 e. The number of rotatable bonds is 4. The lowest BCUT2D eigenvalue weighted by molar-refractivity contribution is -0.385. The lowest BCUT2D eigenvalue weighted by atomic mass is 10.3. The molecule has 1 N–H and O–H groups in total. The lowest BCUT2D eigenvalue weighted by Crippen LogP contribution is -2.03. The maximum Gasteiger partial charge on any atom is 0.338 e. The number of carbonyl (C=O) groups is 1. The third-order valence-corrected chi connectivity index (χ3v) is 3.31. The predicted octanol–water partition coefficient (Wildman–Crippen LogP) is 2.25. The van der Waals surface area contributed by atoms with Crippen LogP contribution in [0.2, 0.25) is 0 Å². The summed E-state index contributed by atoms with van der Waals surface area (Å²) in [5, 5.41) is 20.3. The first-order valence-corrected chi connectivity index (χ1v) is 6.56. The largest absolute Gasteiger partial charge is 0.478 e. The van der Waals surface area contributed by atoms with E-state index in [-0.39, 0.29) is 16.3 Å². The summed E-state index contributed by atoms with van der Waals surface area (Å²) in [6, 6.07) is 2.76. The topological polar surface area (TPSA) is 119 Å². The van der Waals surface area contributed by atoms with Crippen LogP contribution in [0.4, 0.5) is 5.69 Å². The Hall–Kier alpha value is -2.55. The first kappa shape index (κ1) is 14.9.